The zero-order valence-corrected chi connectivity index (χ0v) is 24.7. The van der Waals surface area contributed by atoms with Crippen molar-refractivity contribution in [3.05, 3.63) is 51.8 Å². The Kier molecular flexibility index (Phi) is 11.3. The monoisotopic (exact) mass is 626 g/mol. The standard InChI is InChI=1S/C26H28ClFN4O7S2/c1-3-38-22(33)14-40-25-20(26(35)39-4-2)11-18(13-29)23(30-25)32-9-7-16(8-10-32)24(34)31-41(36,37)15-17-5-6-19(28)12-21(17)27/h5-6,11-12,16H,3-4,7-10,14-15H2,1-2H3,(H,31,34). The van der Waals surface area contributed by atoms with Crippen molar-refractivity contribution in [3.8, 4) is 6.07 Å². The van der Waals surface area contributed by atoms with Crippen molar-refractivity contribution in [2.45, 2.75) is 37.5 Å². The van der Waals surface area contributed by atoms with Crippen molar-refractivity contribution in [1.82, 2.24) is 9.71 Å². The van der Waals surface area contributed by atoms with Gasteiger partial charge in [0.05, 0.1) is 35.8 Å². The first-order valence-electron chi connectivity index (χ1n) is 12.6. The highest BCUT2D eigenvalue weighted by atomic mass is 35.5. The predicted molar refractivity (Wildman–Crippen MR) is 149 cm³/mol. The number of ether oxygens (including phenoxy) is 2. The van der Waals surface area contributed by atoms with Crippen LogP contribution >= 0.6 is 23.4 Å². The molecule has 1 aliphatic heterocycles. The van der Waals surface area contributed by atoms with Crippen LogP contribution in [0.4, 0.5) is 10.2 Å². The summed E-state index contributed by atoms with van der Waals surface area (Å²) >= 11 is 6.90. The number of esters is 2. The molecule has 0 saturated carbocycles. The van der Waals surface area contributed by atoms with Gasteiger partial charge in [0.2, 0.25) is 15.9 Å². The van der Waals surface area contributed by atoms with Gasteiger partial charge in [-0.05, 0) is 50.5 Å². The molecule has 0 radical (unpaired) electrons. The second kappa shape index (κ2) is 14.5. The molecule has 1 N–H and O–H groups in total. The molecular weight excluding hydrogens is 599 g/mol. The third-order valence-electron chi connectivity index (χ3n) is 6.00. The van der Waals surface area contributed by atoms with Crippen LogP contribution in [0.15, 0.2) is 29.3 Å². The van der Waals surface area contributed by atoms with E-state index < -0.39 is 45.4 Å². The molecule has 0 unspecified atom stereocenters. The molecule has 15 heteroatoms. The van der Waals surface area contributed by atoms with E-state index in [0.717, 1.165) is 23.9 Å². The van der Waals surface area contributed by atoms with E-state index in [1.165, 1.54) is 12.1 Å². The first-order chi connectivity index (χ1) is 19.5. The molecule has 1 aliphatic rings. The van der Waals surface area contributed by atoms with E-state index in [9.17, 15) is 32.5 Å². The number of nitriles is 1. The number of pyridine rings is 1. The van der Waals surface area contributed by atoms with E-state index in [0.29, 0.717) is 0 Å². The first-order valence-corrected chi connectivity index (χ1v) is 15.6. The summed E-state index contributed by atoms with van der Waals surface area (Å²) in [7, 11) is -4.10. The average Bonchev–Trinajstić information content (AvgIpc) is 2.93. The van der Waals surface area contributed by atoms with Crippen molar-refractivity contribution < 1.29 is 36.7 Å². The molecule has 0 atom stereocenters. The highest BCUT2D eigenvalue weighted by Crippen LogP contribution is 2.31. The summed E-state index contributed by atoms with van der Waals surface area (Å²) in [6.07, 6.45) is 0.520. The van der Waals surface area contributed by atoms with Crippen LogP contribution in [0.25, 0.3) is 0 Å². The minimum absolute atomic E-state index is 0.0437. The predicted octanol–water partition coefficient (Wildman–Crippen LogP) is 3.44. The molecule has 1 saturated heterocycles. The summed E-state index contributed by atoms with van der Waals surface area (Å²) in [6.45, 7) is 4.15. The second-order valence-electron chi connectivity index (χ2n) is 8.86. The number of nitrogens with one attached hydrogen (secondary N) is 1. The lowest BCUT2D eigenvalue weighted by Crippen LogP contribution is -2.43. The Labute approximate surface area is 246 Å². The van der Waals surface area contributed by atoms with E-state index in [4.69, 9.17) is 21.1 Å². The Hall–Kier alpha value is -3.41. The van der Waals surface area contributed by atoms with Crippen LogP contribution in [0, 0.1) is 23.1 Å². The minimum Gasteiger partial charge on any atom is -0.465 e. The van der Waals surface area contributed by atoms with Crippen molar-refractivity contribution in [1.29, 1.82) is 5.26 Å². The molecule has 1 aromatic carbocycles. The zero-order valence-electron chi connectivity index (χ0n) is 22.3. The fraction of sp³-hybridized carbons (Fsp3) is 0.423. The minimum atomic E-state index is -4.10. The van der Waals surface area contributed by atoms with Crippen LogP contribution in [-0.4, -0.2) is 63.3 Å². The SMILES string of the molecule is CCOC(=O)CSc1nc(N2CCC(C(=O)NS(=O)(=O)Cc3ccc(F)cc3Cl)CC2)c(C#N)cc1C(=O)OCC. The Bertz CT molecular complexity index is 1460. The van der Waals surface area contributed by atoms with Crippen molar-refractivity contribution in [2.24, 2.45) is 5.92 Å². The van der Waals surface area contributed by atoms with Crippen LogP contribution in [0.2, 0.25) is 5.02 Å². The molecule has 3 rings (SSSR count). The van der Waals surface area contributed by atoms with Crippen molar-refractivity contribution >= 4 is 57.0 Å². The number of carbonyl (C=O) groups excluding carboxylic acids is 3. The van der Waals surface area contributed by atoms with Gasteiger partial charge in [0.15, 0.2) is 0 Å². The van der Waals surface area contributed by atoms with Crippen LogP contribution in [0.1, 0.15) is 48.2 Å². The van der Waals surface area contributed by atoms with E-state index in [1.807, 2.05) is 6.07 Å². The molecule has 0 bridgehead atoms. The number of hydrogen-bond acceptors (Lipinski definition) is 11. The second-order valence-corrected chi connectivity index (χ2v) is 12.0. The summed E-state index contributed by atoms with van der Waals surface area (Å²) in [6, 6.07) is 6.71. The van der Waals surface area contributed by atoms with Crippen LogP contribution in [0.3, 0.4) is 0 Å². The summed E-state index contributed by atoms with van der Waals surface area (Å²) < 4.78 is 50.5. The maximum Gasteiger partial charge on any atom is 0.340 e. The number of hydrogen-bond donors (Lipinski definition) is 1. The van der Waals surface area contributed by atoms with Crippen molar-refractivity contribution in [3.63, 3.8) is 0 Å². The molecule has 11 nitrogen and oxygen atoms in total. The first kappa shape index (κ1) is 32.1. The molecule has 2 aromatic rings. The Balaban J connectivity index is 1.73. The Morgan fingerprint density at radius 2 is 1.88 bits per heavy atom. The topological polar surface area (TPSA) is 156 Å². The van der Waals surface area contributed by atoms with E-state index in [2.05, 4.69) is 9.71 Å². The number of rotatable bonds is 11. The lowest BCUT2D eigenvalue weighted by Gasteiger charge is -2.32. The molecular formula is C26H28ClFN4O7S2. The number of anilines is 1. The molecule has 220 valence electrons. The number of halogens is 2. The van der Waals surface area contributed by atoms with Gasteiger partial charge in [-0.25, -0.2) is 22.6 Å². The number of piperidine rings is 1. The van der Waals surface area contributed by atoms with Gasteiger partial charge in [0.25, 0.3) is 0 Å². The number of sulfonamides is 1. The molecule has 0 spiro atoms. The molecule has 1 amide bonds. The molecule has 1 aromatic heterocycles. The van der Waals surface area contributed by atoms with Crippen LogP contribution < -0.4 is 9.62 Å². The zero-order chi connectivity index (χ0) is 30.2. The molecule has 1 fully saturated rings. The van der Waals surface area contributed by atoms with E-state index in [1.54, 1.807) is 18.7 Å². The number of amides is 1. The maximum atomic E-state index is 13.3. The maximum absolute atomic E-state index is 13.3. The summed E-state index contributed by atoms with van der Waals surface area (Å²) in [5.41, 5.74) is 0.304. The largest absolute Gasteiger partial charge is 0.465 e. The lowest BCUT2D eigenvalue weighted by atomic mass is 9.96. The van der Waals surface area contributed by atoms with Gasteiger partial charge in [-0.2, -0.15) is 5.26 Å². The Morgan fingerprint density at radius 3 is 2.49 bits per heavy atom. The van der Waals surface area contributed by atoms with Gasteiger partial charge in [0, 0.05) is 24.0 Å². The number of carbonyl (C=O) groups is 3. The van der Waals surface area contributed by atoms with Gasteiger partial charge in [0.1, 0.15) is 22.7 Å². The Morgan fingerprint density at radius 1 is 1.20 bits per heavy atom. The number of benzene rings is 1. The lowest BCUT2D eigenvalue weighted by molar-refractivity contribution is -0.139. The smallest absolute Gasteiger partial charge is 0.340 e. The van der Waals surface area contributed by atoms with E-state index in [-0.39, 0.29) is 77.5 Å². The summed E-state index contributed by atoms with van der Waals surface area (Å²) in [5, 5.41) is 9.90. The average molecular weight is 627 g/mol. The molecule has 41 heavy (non-hydrogen) atoms. The third-order valence-corrected chi connectivity index (χ3v) is 8.52. The van der Waals surface area contributed by atoms with Crippen LogP contribution in [0.5, 0.6) is 0 Å². The fourth-order valence-corrected chi connectivity index (χ4v) is 6.38. The normalized spacial score (nSPS) is 13.8. The van der Waals surface area contributed by atoms with Gasteiger partial charge >= 0.3 is 11.9 Å². The number of nitrogens with zero attached hydrogens (tertiary/aromatic N) is 3. The highest BCUT2D eigenvalue weighted by molar-refractivity contribution is 8.00. The van der Waals surface area contributed by atoms with Gasteiger partial charge in [-0.1, -0.05) is 29.4 Å². The van der Waals surface area contributed by atoms with Crippen LogP contribution in [-0.2, 0) is 34.8 Å². The third kappa shape index (κ3) is 8.79. The summed E-state index contributed by atoms with van der Waals surface area (Å²) in [5.74, 6) is -3.54. The quantitative estimate of drug-likeness (QED) is 0.288. The summed E-state index contributed by atoms with van der Waals surface area (Å²) in [4.78, 5) is 43.5. The van der Waals surface area contributed by atoms with E-state index >= 15 is 0 Å². The molecule has 2 heterocycles. The van der Waals surface area contributed by atoms with Gasteiger partial charge in [-0.3, -0.25) is 14.3 Å². The van der Waals surface area contributed by atoms with Gasteiger partial charge in [-0.15, -0.1) is 0 Å². The fourth-order valence-electron chi connectivity index (χ4n) is 4.08. The van der Waals surface area contributed by atoms with Gasteiger partial charge < -0.3 is 14.4 Å². The van der Waals surface area contributed by atoms with Crippen molar-refractivity contribution in [2.75, 3.05) is 37.0 Å². The number of aromatic nitrogens is 1. The molecule has 0 aliphatic carbocycles. The number of thioether (sulfide) groups is 1. The highest BCUT2D eigenvalue weighted by Gasteiger charge is 2.30.